The van der Waals surface area contributed by atoms with Gasteiger partial charge < -0.3 is 23.6 Å². The highest BCUT2D eigenvalue weighted by molar-refractivity contribution is 8.00. The molecule has 0 bridgehead atoms. The van der Waals surface area contributed by atoms with Crippen LogP contribution in [0, 0.1) is 0 Å². The lowest BCUT2D eigenvalue weighted by Gasteiger charge is -2.19. The number of nitrogens with one attached hydrogen (secondary N) is 1. The van der Waals surface area contributed by atoms with E-state index in [2.05, 4.69) is 9.51 Å². The molecule has 152 valence electrons. The molecule has 2 N–H and O–H groups in total. The van der Waals surface area contributed by atoms with Gasteiger partial charge in [0.25, 0.3) is 5.56 Å². The minimum Gasteiger partial charge on any atom is -0.374 e. The molecule has 1 aromatic rings. The van der Waals surface area contributed by atoms with E-state index in [1.807, 2.05) is 0 Å². The van der Waals surface area contributed by atoms with Gasteiger partial charge in [-0.15, -0.1) is 9.05 Å². The second-order valence-electron chi connectivity index (χ2n) is 5.20. The Bertz CT molecular complexity index is 829. The van der Waals surface area contributed by atoms with E-state index in [-0.39, 0.29) is 0 Å². The number of rotatable bonds is 9. The third kappa shape index (κ3) is 5.58. The molecule has 1 saturated heterocycles. The van der Waals surface area contributed by atoms with Crippen LogP contribution in [0.15, 0.2) is 21.9 Å². The summed E-state index contributed by atoms with van der Waals surface area (Å²) in [4.78, 5) is 35.0. The first-order valence-electron chi connectivity index (χ1n) is 7.39. The number of nitrogens with zero attached hydrogens (tertiary/aromatic N) is 1. The lowest BCUT2D eigenvalue weighted by molar-refractivity contribution is -0.165. The van der Waals surface area contributed by atoms with Crippen LogP contribution in [-0.2, 0) is 44.2 Å². The molecule has 2 heterocycles. The second-order valence-corrected chi connectivity index (χ2v) is 9.02. The lowest BCUT2D eigenvalue weighted by atomic mass is 10.2. The van der Waals surface area contributed by atoms with Crippen LogP contribution in [0.25, 0.3) is 0 Å². The zero-order chi connectivity index (χ0) is 20.2. The number of hydrogen-bond acceptors (Lipinski definition) is 10. The molecule has 1 aromatic heterocycles. The quantitative estimate of drug-likeness (QED) is 0.496. The maximum absolute atomic E-state index is 12.1. The molecular weight excluding hydrogens is 426 g/mol. The Kier molecular flexibility index (Phi) is 7.95. The number of H-pyrrole nitrogens is 1. The van der Waals surface area contributed by atoms with E-state index < -0.39 is 57.1 Å². The summed E-state index contributed by atoms with van der Waals surface area (Å²) < 4.78 is 44.1. The summed E-state index contributed by atoms with van der Waals surface area (Å²) in [5.74, 6) is 0. The van der Waals surface area contributed by atoms with Crippen LogP contribution in [0.1, 0.15) is 6.23 Å². The summed E-state index contributed by atoms with van der Waals surface area (Å²) in [6, 6.07) is 1.13. The Labute approximate surface area is 159 Å². The van der Waals surface area contributed by atoms with Crippen molar-refractivity contribution in [2.45, 2.75) is 24.7 Å². The minimum atomic E-state index is -4.00. The molecule has 0 aromatic carbocycles. The van der Waals surface area contributed by atoms with E-state index in [9.17, 15) is 19.0 Å². The standard InChI is InChI=1S/C12H18N2O10P2S/c1-19-8-9(24-25(27)20-2)11(22-6-26(17,18)21-3)23-10(8)14-5-4-7(15)13-12(14)16/h4-5,8-11H,6H2,1-3H3,(H-,13,15,16,17,18)/p+1/t8?,9-,10+,11-/m0/s1. The van der Waals surface area contributed by atoms with Gasteiger partial charge in [0, 0.05) is 26.5 Å². The van der Waals surface area contributed by atoms with E-state index in [1.54, 1.807) is 0 Å². The first kappa shape index (κ1) is 22.4. The third-order valence-corrected chi connectivity index (χ3v) is 6.05. The molecule has 12 nitrogen and oxygen atoms in total. The number of hydrogen-bond donors (Lipinski definition) is 2. The summed E-state index contributed by atoms with van der Waals surface area (Å²) in [6.07, 6.45) is -3.65. The second kappa shape index (κ2) is 9.57. The molecule has 0 saturated carbocycles. The molecular formula is C12H19N2O10P2S+. The van der Waals surface area contributed by atoms with Crippen LogP contribution in [-0.4, -0.2) is 60.6 Å². The monoisotopic (exact) mass is 445 g/mol. The van der Waals surface area contributed by atoms with Gasteiger partial charge in [-0.2, -0.15) is 0 Å². The van der Waals surface area contributed by atoms with Gasteiger partial charge in [-0.25, -0.2) is 4.79 Å². The molecule has 3 unspecified atom stereocenters. The van der Waals surface area contributed by atoms with Crippen molar-refractivity contribution in [2.24, 2.45) is 0 Å². The van der Waals surface area contributed by atoms with Crippen molar-refractivity contribution < 1.29 is 37.2 Å². The van der Waals surface area contributed by atoms with Gasteiger partial charge in [-0.1, -0.05) is 0 Å². The first-order chi connectivity index (χ1) is 12.7. The minimum absolute atomic E-state index is 0.585. The maximum Gasteiger partial charge on any atom is 0.521 e. The molecule has 0 spiro atoms. The Morgan fingerprint density at radius 1 is 1.37 bits per heavy atom. The molecule has 6 atom stereocenters. The zero-order valence-electron chi connectivity index (χ0n) is 14.5. The van der Waals surface area contributed by atoms with Gasteiger partial charge in [0.2, 0.25) is 11.8 Å². The predicted octanol–water partition coefficient (Wildman–Crippen LogP) is 0.0178. The lowest BCUT2D eigenvalue weighted by Crippen LogP contribution is -2.39. The summed E-state index contributed by atoms with van der Waals surface area (Å²) >= 11 is 5.02. The largest absolute Gasteiger partial charge is 0.521 e. The molecule has 0 amide bonds. The van der Waals surface area contributed by atoms with Gasteiger partial charge in [0.05, 0.1) is 7.11 Å². The Morgan fingerprint density at radius 2 is 2.07 bits per heavy atom. The number of aromatic nitrogens is 2. The fourth-order valence-electron chi connectivity index (χ4n) is 2.32. The van der Waals surface area contributed by atoms with E-state index >= 15 is 0 Å². The Hall–Kier alpha value is -0.850. The summed E-state index contributed by atoms with van der Waals surface area (Å²) in [5, 5.41) is 0. The molecule has 2 rings (SSSR count). The topological polar surface area (TPSA) is 148 Å². The van der Waals surface area contributed by atoms with Crippen molar-refractivity contribution in [1.82, 2.24) is 9.55 Å². The predicted molar refractivity (Wildman–Crippen MR) is 95.0 cm³/mol. The maximum atomic E-state index is 12.1. The van der Waals surface area contributed by atoms with E-state index in [0.29, 0.717) is 0 Å². The van der Waals surface area contributed by atoms with Crippen molar-refractivity contribution in [1.29, 1.82) is 0 Å². The molecule has 1 fully saturated rings. The molecule has 0 aliphatic carbocycles. The molecule has 27 heavy (non-hydrogen) atoms. The SMILES string of the molecule is COC1[C@H](n2ccc(=O)[nH]c2=O)O[C@H](OCP(=O)(O)OC)[C@H]1O[P+](=S)OC. The normalized spacial score (nSPS) is 28.1. The van der Waals surface area contributed by atoms with E-state index in [1.165, 1.54) is 20.4 Å². The average Bonchev–Trinajstić information content (AvgIpc) is 2.97. The number of methoxy groups -OCH3 is 1. The molecule has 0 radical (unpaired) electrons. The van der Waals surface area contributed by atoms with Crippen LogP contribution >= 0.6 is 14.7 Å². The van der Waals surface area contributed by atoms with Crippen LogP contribution in [0.4, 0.5) is 0 Å². The third-order valence-electron chi connectivity index (χ3n) is 3.59. The molecule has 1 aliphatic rings. The number of ether oxygens (including phenoxy) is 3. The van der Waals surface area contributed by atoms with Gasteiger partial charge in [0.1, 0.15) is 6.10 Å². The summed E-state index contributed by atoms with van der Waals surface area (Å²) in [5.41, 5.74) is -1.33. The van der Waals surface area contributed by atoms with Crippen LogP contribution < -0.4 is 11.2 Å². The van der Waals surface area contributed by atoms with Gasteiger partial charge >= 0.3 is 20.4 Å². The van der Waals surface area contributed by atoms with Crippen molar-refractivity contribution >= 4 is 26.6 Å². The van der Waals surface area contributed by atoms with Gasteiger partial charge in [-0.05, 0) is 0 Å². The van der Waals surface area contributed by atoms with Crippen LogP contribution in [0.3, 0.4) is 0 Å². The van der Waals surface area contributed by atoms with E-state index in [0.717, 1.165) is 17.7 Å². The highest BCUT2D eigenvalue weighted by atomic mass is 32.4. The summed E-state index contributed by atoms with van der Waals surface area (Å²) in [7, 11) is -2.00. The average molecular weight is 445 g/mol. The van der Waals surface area contributed by atoms with E-state index in [4.69, 9.17) is 35.1 Å². The highest BCUT2D eigenvalue weighted by Crippen LogP contribution is 2.44. The smallest absolute Gasteiger partial charge is 0.374 e. The molecule has 1 aliphatic heterocycles. The molecule has 15 heteroatoms. The van der Waals surface area contributed by atoms with Crippen molar-refractivity contribution in [2.75, 3.05) is 27.7 Å². The first-order valence-corrected chi connectivity index (χ1v) is 11.3. The number of aromatic amines is 1. The fraction of sp³-hybridized carbons (Fsp3) is 0.667. The van der Waals surface area contributed by atoms with Crippen LogP contribution in [0.5, 0.6) is 0 Å². The zero-order valence-corrected chi connectivity index (χ0v) is 17.1. The van der Waals surface area contributed by atoms with Crippen molar-refractivity contribution in [3.05, 3.63) is 33.1 Å². The fourth-order valence-corrected chi connectivity index (χ4v) is 3.56. The van der Waals surface area contributed by atoms with Crippen LogP contribution in [0.2, 0.25) is 0 Å². The Morgan fingerprint density at radius 3 is 2.63 bits per heavy atom. The van der Waals surface area contributed by atoms with Crippen molar-refractivity contribution in [3.8, 4) is 0 Å². The highest BCUT2D eigenvalue weighted by Gasteiger charge is 2.52. The summed E-state index contributed by atoms with van der Waals surface area (Å²) in [6.45, 7) is 0. The van der Waals surface area contributed by atoms with Gasteiger partial charge in [-0.3, -0.25) is 18.9 Å². The Balaban J connectivity index is 2.33. The van der Waals surface area contributed by atoms with Gasteiger partial charge in [0.15, 0.2) is 25.0 Å². The van der Waals surface area contributed by atoms with Crippen molar-refractivity contribution in [3.63, 3.8) is 0 Å².